The van der Waals surface area contributed by atoms with Crippen molar-refractivity contribution in [3.05, 3.63) is 96.1 Å². The molecule has 1 aliphatic rings. The highest BCUT2D eigenvalue weighted by atomic mass is 16.8. The Hall–Kier alpha value is -4.31. The topological polar surface area (TPSA) is 102 Å². The lowest BCUT2D eigenvalue weighted by Crippen LogP contribution is -2.52. The van der Waals surface area contributed by atoms with Crippen LogP contribution in [0, 0.1) is 0 Å². The second-order valence-electron chi connectivity index (χ2n) is 10.2. The van der Waals surface area contributed by atoms with E-state index in [1.165, 1.54) is 13.8 Å². The van der Waals surface area contributed by atoms with E-state index in [2.05, 4.69) is 17.9 Å². The fraction of sp³-hybridized carbons (Fsp3) is 0.303. The van der Waals surface area contributed by atoms with Gasteiger partial charge in [-0.2, -0.15) is 0 Å². The van der Waals surface area contributed by atoms with Crippen molar-refractivity contribution in [2.75, 3.05) is 13.2 Å². The molecule has 4 atom stereocenters. The molecular formula is C33H33NO8. The van der Waals surface area contributed by atoms with Crippen LogP contribution in [-0.4, -0.2) is 56.0 Å². The third kappa shape index (κ3) is 6.76. The molecule has 0 amide bonds. The minimum Gasteiger partial charge on any atom is -0.453 e. The Balaban J connectivity index is 1.42. The maximum atomic E-state index is 12.2. The van der Waals surface area contributed by atoms with Crippen LogP contribution in [-0.2, 0) is 51.3 Å². The maximum Gasteiger partial charge on any atom is 0.305 e. The van der Waals surface area contributed by atoms with Gasteiger partial charge < -0.3 is 28.5 Å². The monoisotopic (exact) mass is 571 g/mol. The Morgan fingerprint density at radius 2 is 1.36 bits per heavy atom. The van der Waals surface area contributed by atoms with E-state index >= 15 is 0 Å². The van der Waals surface area contributed by atoms with E-state index < -0.39 is 36.0 Å². The zero-order valence-electron chi connectivity index (χ0n) is 23.6. The van der Waals surface area contributed by atoms with Crippen molar-refractivity contribution < 1.29 is 38.1 Å². The summed E-state index contributed by atoms with van der Waals surface area (Å²) in [5.74, 6) is -1.20. The molecule has 0 aromatic heterocycles. The molecule has 4 aromatic carbocycles. The molecule has 0 bridgehead atoms. The predicted octanol–water partition coefficient (Wildman–Crippen LogP) is 5.32. The van der Waals surface area contributed by atoms with Gasteiger partial charge in [0.25, 0.3) is 0 Å². The van der Waals surface area contributed by atoms with E-state index in [0.29, 0.717) is 0 Å². The number of carbonyl (C=O) groups excluding carboxylic acids is 2. The van der Waals surface area contributed by atoms with E-state index in [0.717, 1.165) is 32.7 Å². The van der Waals surface area contributed by atoms with Gasteiger partial charge in [0.1, 0.15) is 6.10 Å². The highest BCUT2D eigenvalue weighted by molar-refractivity contribution is 5.83. The average Bonchev–Trinajstić information content (AvgIpc) is 3.25. The molecule has 0 aliphatic carbocycles. The Bertz CT molecular complexity index is 1570. The predicted molar refractivity (Wildman–Crippen MR) is 157 cm³/mol. The van der Waals surface area contributed by atoms with Gasteiger partial charge in [0.15, 0.2) is 18.3 Å². The molecule has 1 heterocycles. The van der Waals surface area contributed by atoms with Crippen molar-refractivity contribution in [3.8, 4) is 0 Å². The van der Waals surface area contributed by atoms with Gasteiger partial charge in [-0.25, -0.2) is 0 Å². The Morgan fingerprint density at radius 1 is 0.786 bits per heavy atom. The summed E-state index contributed by atoms with van der Waals surface area (Å²) in [5, 5.41) is 7.91. The summed E-state index contributed by atoms with van der Waals surface area (Å²) < 4.78 is 29.9. The van der Waals surface area contributed by atoms with E-state index in [-0.39, 0.29) is 26.4 Å². The first kappa shape index (κ1) is 29.2. The summed E-state index contributed by atoms with van der Waals surface area (Å²) in [7, 11) is 0. The summed E-state index contributed by atoms with van der Waals surface area (Å²) in [5.41, 5.74) is 0.473. The standard InChI is InChI=1S/C33H33NO8/c1-22(35)40-30-31(38-19-25-13-15-27-9-5-7-11-29(27)17-25)33(21-39-34-3,42-32(30)41-23(2)36)20-37-18-24-12-14-26-8-4-6-10-28(26)16-24/h4-17,30-32H,3,18-21H2,1-2H3/t30-,31+,32?,33+/m1/s1. The van der Waals surface area contributed by atoms with Crippen LogP contribution in [0.15, 0.2) is 90.1 Å². The number of hydrogen-bond donors (Lipinski definition) is 0. The van der Waals surface area contributed by atoms with Crippen molar-refractivity contribution in [3.63, 3.8) is 0 Å². The number of carbonyl (C=O) groups is 2. The summed E-state index contributed by atoms with van der Waals surface area (Å²) in [6.45, 7) is 6.12. The first-order valence-electron chi connectivity index (χ1n) is 13.6. The van der Waals surface area contributed by atoms with Crippen LogP contribution in [0.4, 0.5) is 0 Å². The minimum atomic E-state index is -1.37. The zero-order valence-corrected chi connectivity index (χ0v) is 23.6. The lowest BCUT2D eigenvalue weighted by atomic mass is 9.96. The zero-order chi connectivity index (χ0) is 29.5. The van der Waals surface area contributed by atoms with E-state index in [9.17, 15) is 9.59 Å². The molecule has 1 saturated heterocycles. The number of fused-ring (bicyclic) bond motifs is 2. The van der Waals surface area contributed by atoms with Crippen LogP contribution in [0.5, 0.6) is 0 Å². The SMILES string of the molecule is C=NOC[C@]1(COCc2ccc3ccccc3c2)OC(OC(C)=O)[C@H](OC(C)=O)[C@@H]1OCc1ccc2ccccc2c1. The first-order valence-corrected chi connectivity index (χ1v) is 13.6. The van der Waals surface area contributed by atoms with Crippen molar-refractivity contribution in [2.24, 2.45) is 5.16 Å². The smallest absolute Gasteiger partial charge is 0.305 e. The van der Waals surface area contributed by atoms with Crippen LogP contribution in [0.3, 0.4) is 0 Å². The molecule has 0 saturated carbocycles. The summed E-state index contributed by atoms with van der Waals surface area (Å²) >= 11 is 0. The number of esters is 2. The van der Waals surface area contributed by atoms with E-state index in [4.69, 9.17) is 28.5 Å². The van der Waals surface area contributed by atoms with Crippen LogP contribution in [0.25, 0.3) is 21.5 Å². The third-order valence-electron chi connectivity index (χ3n) is 7.09. The molecule has 9 heteroatoms. The second-order valence-corrected chi connectivity index (χ2v) is 10.2. The molecule has 218 valence electrons. The normalized spacial score (nSPS) is 21.7. The van der Waals surface area contributed by atoms with Crippen LogP contribution >= 0.6 is 0 Å². The number of nitrogens with zero attached hydrogens (tertiary/aromatic N) is 1. The molecule has 1 fully saturated rings. The fourth-order valence-corrected chi connectivity index (χ4v) is 5.23. The van der Waals surface area contributed by atoms with Crippen molar-refractivity contribution in [1.82, 2.24) is 0 Å². The van der Waals surface area contributed by atoms with Crippen LogP contribution in [0.1, 0.15) is 25.0 Å². The fourth-order valence-electron chi connectivity index (χ4n) is 5.23. The Kier molecular flexibility index (Phi) is 9.12. The highest BCUT2D eigenvalue weighted by Gasteiger charge is 2.60. The molecule has 0 N–H and O–H groups in total. The average molecular weight is 572 g/mol. The van der Waals surface area contributed by atoms with Crippen molar-refractivity contribution in [2.45, 2.75) is 51.2 Å². The van der Waals surface area contributed by atoms with Gasteiger partial charge in [0.2, 0.25) is 6.29 Å². The Morgan fingerprint density at radius 3 is 1.93 bits per heavy atom. The van der Waals surface area contributed by atoms with Crippen molar-refractivity contribution >= 4 is 40.2 Å². The molecule has 0 spiro atoms. The number of ether oxygens (including phenoxy) is 5. The molecule has 1 aliphatic heterocycles. The number of rotatable bonds is 12. The molecule has 4 aromatic rings. The Labute approximate surface area is 243 Å². The molecular weight excluding hydrogens is 538 g/mol. The molecule has 1 unspecified atom stereocenters. The first-order chi connectivity index (χ1) is 20.4. The number of hydrogen-bond acceptors (Lipinski definition) is 9. The van der Waals surface area contributed by atoms with Gasteiger partial charge in [-0.1, -0.05) is 72.8 Å². The molecule has 5 rings (SSSR count). The third-order valence-corrected chi connectivity index (χ3v) is 7.09. The molecule has 9 nitrogen and oxygen atoms in total. The second kappa shape index (κ2) is 13.1. The minimum absolute atomic E-state index is 0.0483. The highest BCUT2D eigenvalue weighted by Crippen LogP contribution is 2.38. The van der Waals surface area contributed by atoms with Crippen LogP contribution < -0.4 is 0 Å². The summed E-state index contributed by atoms with van der Waals surface area (Å²) in [6, 6.07) is 28.1. The van der Waals surface area contributed by atoms with Gasteiger partial charge in [-0.05, 0) is 44.8 Å². The lowest BCUT2D eigenvalue weighted by molar-refractivity contribution is -0.222. The number of oxime groups is 1. The number of benzene rings is 4. The summed E-state index contributed by atoms with van der Waals surface area (Å²) in [4.78, 5) is 29.5. The summed E-state index contributed by atoms with van der Waals surface area (Å²) in [6.07, 6.45) is -3.30. The van der Waals surface area contributed by atoms with E-state index in [1.54, 1.807) is 0 Å². The maximum absolute atomic E-state index is 12.2. The van der Waals surface area contributed by atoms with Gasteiger partial charge >= 0.3 is 11.9 Å². The van der Waals surface area contributed by atoms with Gasteiger partial charge in [0.05, 0.1) is 19.8 Å². The van der Waals surface area contributed by atoms with Gasteiger partial charge in [-0.3, -0.25) is 9.59 Å². The molecule has 42 heavy (non-hydrogen) atoms. The lowest BCUT2D eigenvalue weighted by Gasteiger charge is -2.33. The van der Waals surface area contributed by atoms with Crippen LogP contribution in [0.2, 0.25) is 0 Å². The van der Waals surface area contributed by atoms with Gasteiger partial charge in [-0.15, -0.1) is 5.16 Å². The van der Waals surface area contributed by atoms with Gasteiger partial charge in [0, 0.05) is 20.6 Å². The van der Waals surface area contributed by atoms with Crippen molar-refractivity contribution in [1.29, 1.82) is 0 Å². The van der Waals surface area contributed by atoms with E-state index in [1.807, 2.05) is 78.9 Å². The quantitative estimate of drug-likeness (QED) is 0.128. The molecule has 0 radical (unpaired) electrons. The largest absolute Gasteiger partial charge is 0.453 e.